The summed E-state index contributed by atoms with van der Waals surface area (Å²) in [5.74, 6) is 0. The lowest BCUT2D eigenvalue weighted by molar-refractivity contribution is 1.11. The van der Waals surface area contributed by atoms with Gasteiger partial charge in [-0.3, -0.25) is 4.40 Å². The summed E-state index contributed by atoms with van der Waals surface area (Å²) < 4.78 is 3.00. The number of hydrogen-bond acceptors (Lipinski definition) is 2. The molecule has 0 bridgehead atoms. The Morgan fingerprint density at radius 3 is 2.71 bits per heavy atom. The zero-order valence-electron chi connectivity index (χ0n) is 10.8. The lowest BCUT2D eigenvalue weighted by Crippen LogP contribution is -1.91. The van der Waals surface area contributed by atoms with Crippen LogP contribution in [0.2, 0.25) is 5.02 Å². The number of halogens is 2. The van der Waals surface area contributed by atoms with E-state index in [1.54, 1.807) is 6.33 Å². The molecule has 0 saturated carbocycles. The highest BCUT2D eigenvalue weighted by Crippen LogP contribution is 2.35. The summed E-state index contributed by atoms with van der Waals surface area (Å²) in [5, 5.41) is 9.99. The smallest absolute Gasteiger partial charge is 0.161 e. The zero-order valence-corrected chi connectivity index (χ0v) is 13.1. The molecule has 0 saturated heterocycles. The minimum Gasteiger partial charge on any atom is -0.281 e. The van der Waals surface area contributed by atoms with Crippen LogP contribution in [-0.2, 0) is 0 Å². The predicted molar refractivity (Wildman–Crippen MR) is 88.6 cm³/mol. The molecule has 2 aromatic heterocycles. The molecular formula is C16H9BrClN3. The van der Waals surface area contributed by atoms with E-state index in [0.29, 0.717) is 0 Å². The number of pyridine rings is 1. The van der Waals surface area contributed by atoms with Crippen molar-refractivity contribution in [3.05, 3.63) is 64.4 Å². The van der Waals surface area contributed by atoms with Gasteiger partial charge in [0.2, 0.25) is 0 Å². The second-order valence-electron chi connectivity index (χ2n) is 4.76. The minimum atomic E-state index is 0.725. The number of benzene rings is 2. The van der Waals surface area contributed by atoms with Crippen LogP contribution < -0.4 is 0 Å². The van der Waals surface area contributed by atoms with Gasteiger partial charge in [0.25, 0.3) is 0 Å². The molecule has 0 radical (unpaired) electrons. The summed E-state index contributed by atoms with van der Waals surface area (Å²) in [6.07, 6.45) is 1.72. The van der Waals surface area contributed by atoms with Crippen LogP contribution in [0.3, 0.4) is 0 Å². The van der Waals surface area contributed by atoms with Gasteiger partial charge in [-0.15, -0.1) is 10.2 Å². The average Bonchev–Trinajstić information content (AvgIpc) is 2.95. The first kappa shape index (κ1) is 12.8. The van der Waals surface area contributed by atoms with Crippen molar-refractivity contribution in [1.29, 1.82) is 0 Å². The Morgan fingerprint density at radius 2 is 1.86 bits per heavy atom. The SMILES string of the molecule is Clc1ccccc1-c1cc2nncn2c2ccc(Br)cc12. The maximum absolute atomic E-state index is 6.37. The van der Waals surface area contributed by atoms with Crippen LogP contribution in [-0.4, -0.2) is 14.6 Å². The number of nitrogens with zero attached hydrogens (tertiary/aromatic N) is 3. The van der Waals surface area contributed by atoms with Crippen molar-refractivity contribution in [3.8, 4) is 11.1 Å². The number of aromatic nitrogens is 3. The number of rotatable bonds is 1. The molecule has 0 N–H and O–H groups in total. The first-order chi connectivity index (χ1) is 10.2. The molecule has 0 atom stereocenters. The van der Waals surface area contributed by atoms with E-state index in [1.165, 1.54) is 0 Å². The minimum absolute atomic E-state index is 0.725. The third kappa shape index (κ3) is 2.03. The fourth-order valence-corrected chi connectivity index (χ4v) is 3.17. The fraction of sp³-hybridized carbons (Fsp3) is 0. The molecule has 0 aliphatic carbocycles. The largest absolute Gasteiger partial charge is 0.281 e. The quantitative estimate of drug-likeness (QED) is 0.481. The highest BCUT2D eigenvalue weighted by Gasteiger charge is 2.12. The van der Waals surface area contributed by atoms with Gasteiger partial charge in [-0.05, 0) is 35.9 Å². The third-order valence-corrected chi connectivity index (χ3v) is 4.34. The molecule has 0 spiro atoms. The predicted octanol–water partition coefficient (Wildman–Crippen LogP) is 4.97. The Kier molecular flexibility index (Phi) is 2.94. The van der Waals surface area contributed by atoms with Gasteiger partial charge < -0.3 is 0 Å². The summed E-state index contributed by atoms with van der Waals surface area (Å²) in [7, 11) is 0. The van der Waals surface area contributed by atoms with E-state index in [2.05, 4.69) is 38.3 Å². The average molecular weight is 359 g/mol. The van der Waals surface area contributed by atoms with Crippen LogP contribution in [0.1, 0.15) is 0 Å². The standard InChI is InChI=1S/C16H9BrClN3/c17-10-5-6-15-13(7-10)12(8-16-20-19-9-21(15)16)11-3-1-2-4-14(11)18/h1-9H. The summed E-state index contributed by atoms with van der Waals surface area (Å²) in [5.41, 5.74) is 3.90. The zero-order chi connectivity index (χ0) is 14.4. The van der Waals surface area contributed by atoms with E-state index in [4.69, 9.17) is 11.6 Å². The fourth-order valence-electron chi connectivity index (χ4n) is 2.57. The normalized spacial score (nSPS) is 11.3. The van der Waals surface area contributed by atoms with Crippen molar-refractivity contribution in [1.82, 2.24) is 14.6 Å². The molecule has 2 aromatic carbocycles. The van der Waals surface area contributed by atoms with Gasteiger partial charge in [-0.25, -0.2) is 0 Å². The molecule has 0 aliphatic rings. The summed E-state index contributed by atoms with van der Waals surface area (Å²) in [4.78, 5) is 0. The Bertz CT molecular complexity index is 978. The first-order valence-corrected chi connectivity index (χ1v) is 7.58. The highest BCUT2D eigenvalue weighted by atomic mass is 79.9. The molecule has 4 aromatic rings. The lowest BCUT2D eigenvalue weighted by Gasteiger charge is -2.10. The van der Waals surface area contributed by atoms with Crippen LogP contribution in [0.25, 0.3) is 27.7 Å². The molecule has 102 valence electrons. The Balaban J connectivity index is 2.20. The first-order valence-electron chi connectivity index (χ1n) is 6.41. The summed E-state index contributed by atoms with van der Waals surface area (Å²) in [6, 6.07) is 16.0. The topological polar surface area (TPSA) is 30.2 Å². The molecule has 5 heteroatoms. The number of fused-ring (bicyclic) bond motifs is 3. The third-order valence-electron chi connectivity index (χ3n) is 3.52. The van der Waals surface area contributed by atoms with E-state index < -0.39 is 0 Å². The summed E-state index contributed by atoms with van der Waals surface area (Å²) >= 11 is 9.91. The van der Waals surface area contributed by atoms with E-state index in [0.717, 1.165) is 37.2 Å². The molecule has 21 heavy (non-hydrogen) atoms. The monoisotopic (exact) mass is 357 g/mol. The van der Waals surface area contributed by atoms with Gasteiger partial charge in [-0.2, -0.15) is 0 Å². The van der Waals surface area contributed by atoms with E-state index in [-0.39, 0.29) is 0 Å². The lowest BCUT2D eigenvalue weighted by atomic mass is 10.0. The second kappa shape index (κ2) is 4.83. The van der Waals surface area contributed by atoms with Gasteiger partial charge in [0.15, 0.2) is 5.65 Å². The number of hydrogen-bond donors (Lipinski definition) is 0. The Morgan fingerprint density at radius 1 is 1.00 bits per heavy atom. The van der Waals surface area contributed by atoms with E-state index in [1.807, 2.05) is 40.8 Å². The van der Waals surface area contributed by atoms with Crippen molar-refractivity contribution >= 4 is 44.1 Å². The Labute approximate surface area is 134 Å². The summed E-state index contributed by atoms with van der Waals surface area (Å²) in [6.45, 7) is 0. The molecule has 4 rings (SSSR count). The molecular weight excluding hydrogens is 350 g/mol. The molecule has 3 nitrogen and oxygen atoms in total. The highest BCUT2D eigenvalue weighted by molar-refractivity contribution is 9.10. The van der Waals surface area contributed by atoms with Crippen molar-refractivity contribution in [2.75, 3.05) is 0 Å². The molecule has 0 aliphatic heterocycles. The van der Waals surface area contributed by atoms with Crippen molar-refractivity contribution < 1.29 is 0 Å². The molecule has 2 heterocycles. The van der Waals surface area contributed by atoms with Crippen molar-refractivity contribution in [2.45, 2.75) is 0 Å². The van der Waals surface area contributed by atoms with Crippen LogP contribution in [0.15, 0.2) is 59.3 Å². The molecule has 0 amide bonds. The second-order valence-corrected chi connectivity index (χ2v) is 6.08. The van der Waals surface area contributed by atoms with E-state index in [9.17, 15) is 0 Å². The van der Waals surface area contributed by atoms with Crippen LogP contribution in [0, 0.1) is 0 Å². The Hall–Kier alpha value is -1.91. The van der Waals surface area contributed by atoms with Gasteiger partial charge in [0.1, 0.15) is 6.33 Å². The van der Waals surface area contributed by atoms with Gasteiger partial charge in [0.05, 0.1) is 5.52 Å². The van der Waals surface area contributed by atoms with Gasteiger partial charge >= 0.3 is 0 Å². The van der Waals surface area contributed by atoms with Gasteiger partial charge in [-0.1, -0.05) is 45.7 Å². The van der Waals surface area contributed by atoms with Gasteiger partial charge in [0, 0.05) is 20.4 Å². The van der Waals surface area contributed by atoms with Crippen LogP contribution in [0.4, 0.5) is 0 Å². The van der Waals surface area contributed by atoms with E-state index >= 15 is 0 Å². The van der Waals surface area contributed by atoms with Crippen LogP contribution >= 0.6 is 27.5 Å². The molecule has 0 fully saturated rings. The van der Waals surface area contributed by atoms with Crippen molar-refractivity contribution in [2.24, 2.45) is 0 Å². The van der Waals surface area contributed by atoms with Crippen LogP contribution in [0.5, 0.6) is 0 Å². The maximum atomic E-state index is 6.37. The van der Waals surface area contributed by atoms with Crippen molar-refractivity contribution in [3.63, 3.8) is 0 Å². The molecule has 0 unspecified atom stereocenters. The maximum Gasteiger partial charge on any atom is 0.161 e.